The summed E-state index contributed by atoms with van der Waals surface area (Å²) in [6, 6.07) is 23.1. The van der Waals surface area contributed by atoms with E-state index >= 15 is 0 Å². The van der Waals surface area contributed by atoms with Crippen molar-refractivity contribution in [1.82, 2.24) is 4.72 Å². The van der Waals surface area contributed by atoms with E-state index in [0.717, 1.165) is 5.56 Å². The molecule has 3 aromatic carbocycles. The zero-order valence-corrected chi connectivity index (χ0v) is 17.0. The Labute approximate surface area is 170 Å². The van der Waals surface area contributed by atoms with Crippen LogP contribution in [0.2, 0.25) is 0 Å². The average Bonchev–Trinajstić information content (AvgIpc) is 2.72. The molecule has 0 aromatic heterocycles. The monoisotopic (exact) mass is 431 g/mol. The number of hydrogen-bond donors (Lipinski definition) is 3. The van der Waals surface area contributed by atoms with Gasteiger partial charge >= 0.3 is 0 Å². The lowest BCUT2D eigenvalue weighted by atomic mass is 10.1. The summed E-state index contributed by atoms with van der Waals surface area (Å²) in [6.07, 6.45) is 0. The van der Waals surface area contributed by atoms with Gasteiger partial charge in [-0.1, -0.05) is 48.5 Å². The van der Waals surface area contributed by atoms with Gasteiger partial charge in [-0.05, 0) is 42.0 Å². The highest BCUT2D eigenvalue weighted by Gasteiger charge is 2.18. The molecule has 0 aliphatic rings. The van der Waals surface area contributed by atoms with Crippen molar-refractivity contribution in [3.05, 3.63) is 90.5 Å². The minimum atomic E-state index is -3.78. The SMILES string of the molecule is NS(=O)(=O)c1ccc(N[C@@H](CNS(=O)(=O)c2ccccc2)c2ccccc2)cc1. The maximum Gasteiger partial charge on any atom is 0.240 e. The smallest absolute Gasteiger partial charge is 0.240 e. The minimum absolute atomic E-state index is 0.00379. The summed E-state index contributed by atoms with van der Waals surface area (Å²) in [5, 5.41) is 8.36. The number of primary sulfonamides is 1. The van der Waals surface area contributed by atoms with Crippen LogP contribution in [-0.2, 0) is 20.0 Å². The first-order chi connectivity index (χ1) is 13.8. The maximum absolute atomic E-state index is 12.6. The summed E-state index contributed by atoms with van der Waals surface area (Å²) in [4.78, 5) is 0.188. The second-order valence-electron chi connectivity index (χ2n) is 6.34. The van der Waals surface area contributed by atoms with Gasteiger partial charge in [0.05, 0.1) is 15.8 Å². The van der Waals surface area contributed by atoms with Gasteiger partial charge in [0.15, 0.2) is 0 Å². The number of benzene rings is 3. The van der Waals surface area contributed by atoms with E-state index in [2.05, 4.69) is 10.0 Å². The van der Waals surface area contributed by atoms with Crippen LogP contribution in [0.15, 0.2) is 94.7 Å². The molecule has 0 bridgehead atoms. The van der Waals surface area contributed by atoms with Crippen LogP contribution in [0.3, 0.4) is 0 Å². The molecule has 0 aliphatic heterocycles. The fourth-order valence-electron chi connectivity index (χ4n) is 2.76. The van der Waals surface area contributed by atoms with Gasteiger partial charge in [-0.15, -0.1) is 0 Å². The van der Waals surface area contributed by atoms with Gasteiger partial charge in [-0.2, -0.15) is 0 Å². The molecule has 29 heavy (non-hydrogen) atoms. The van der Waals surface area contributed by atoms with E-state index in [9.17, 15) is 16.8 Å². The van der Waals surface area contributed by atoms with Crippen LogP contribution >= 0.6 is 0 Å². The van der Waals surface area contributed by atoms with Crippen molar-refractivity contribution >= 4 is 25.7 Å². The molecule has 0 heterocycles. The lowest BCUT2D eigenvalue weighted by molar-refractivity contribution is 0.576. The molecule has 4 N–H and O–H groups in total. The lowest BCUT2D eigenvalue weighted by Gasteiger charge is -2.21. The zero-order chi connectivity index (χ0) is 20.9. The van der Waals surface area contributed by atoms with Gasteiger partial charge in [0.25, 0.3) is 0 Å². The van der Waals surface area contributed by atoms with E-state index in [0.29, 0.717) is 5.69 Å². The third-order valence-electron chi connectivity index (χ3n) is 4.26. The standard InChI is InChI=1S/C20H21N3O4S2/c21-28(24,25)18-13-11-17(12-14-18)23-20(16-7-3-1-4-8-16)15-22-29(26,27)19-9-5-2-6-10-19/h1-14,20,22-23H,15H2,(H2,21,24,25)/t20-/m0/s1. The molecular formula is C20H21N3O4S2. The van der Waals surface area contributed by atoms with Crippen LogP contribution in [0.4, 0.5) is 5.69 Å². The summed E-state index contributed by atoms with van der Waals surface area (Å²) in [5.74, 6) is 0. The van der Waals surface area contributed by atoms with E-state index in [4.69, 9.17) is 5.14 Å². The summed E-state index contributed by atoms with van der Waals surface area (Å²) in [5.41, 5.74) is 1.50. The molecule has 9 heteroatoms. The van der Waals surface area contributed by atoms with Crippen molar-refractivity contribution in [2.24, 2.45) is 5.14 Å². The Hall–Kier alpha value is -2.72. The number of hydrogen-bond acceptors (Lipinski definition) is 5. The predicted molar refractivity (Wildman–Crippen MR) is 112 cm³/mol. The van der Waals surface area contributed by atoms with Crippen LogP contribution in [0.1, 0.15) is 11.6 Å². The number of nitrogens with two attached hydrogens (primary N) is 1. The first kappa shape index (κ1) is 21.0. The highest BCUT2D eigenvalue weighted by molar-refractivity contribution is 7.89. The van der Waals surface area contributed by atoms with Crippen LogP contribution in [-0.4, -0.2) is 23.4 Å². The molecule has 152 valence electrons. The summed E-state index contributed by atoms with van der Waals surface area (Å²) in [7, 11) is -7.45. The first-order valence-corrected chi connectivity index (χ1v) is 11.8. The molecule has 0 saturated carbocycles. The van der Waals surface area contributed by atoms with Gasteiger partial charge in [-0.3, -0.25) is 0 Å². The molecule has 0 aliphatic carbocycles. The van der Waals surface area contributed by atoms with E-state index in [1.807, 2.05) is 30.3 Å². The molecule has 0 saturated heterocycles. The Morgan fingerprint density at radius 1 is 0.724 bits per heavy atom. The Morgan fingerprint density at radius 3 is 1.83 bits per heavy atom. The van der Waals surface area contributed by atoms with Crippen LogP contribution in [0, 0.1) is 0 Å². The largest absolute Gasteiger partial charge is 0.377 e. The quantitative estimate of drug-likeness (QED) is 0.506. The Balaban J connectivity index is 1.81. The Kier molecular flexibility index (Phi) is 6.33. The second-order valence-corrected chi connectivity index (χ2v) is 9.67. The van der Waals surface area contributed by atoms with Crippen molar-refractivity contribution in [3.8, 4) is 0 Å². The molecule has 7 nitrogen and oxygen atoms in total. The molecule has 0 fully saturated rings. The Morgan fingerprint density at radius 2 is 1.28 bits per heavy atom. The van der Waals surface area contributed by atoms with Crippen LogP contribution < -0.4 is 15.2 Å². The highest BCUT2D eigenvalue weighted by atomic mass is 32.2. The molecule has 3 aromatic rings. The number of anilines is 1. The molecule has 0 amide bonds. The summed E-state index contributed by atoms with van der Waals surface area (Å²) >= 11 is 0. The number of rotatable bonds is 8. The molecular weight excluding hydrogens is 410 g/mol. The van der Waals surface area contributed by atoms with E-state index in [-0.39, 0.29) is 22.4 Å². The first-order valence-electron chi connectivity index (χ1n) is 8.75. The van der Waals surface area contributed by atoms with Crippen molar-refractivity contribution in [1.29, 1.82) is 0 Å². The van der Waals surface area contributed by atoms with Gasteiger partial charge in [0.1, 0.15) is 0 Å². The minimum Gasteiger partial charge on any atom is -0.377 e. The summed E-state index contributed by atoms with van der Waals surface area (Å²) in [6.45, 7) is 0.0954. The van der Waals surface area contributed by atoms with Crippen LogP contribution in [0.25, 0.3) is 0 Å². The number of sulfonamides is 2. The third-order valence-corrected chi connectivity index (χ3v) is 6.63. The average molecular weight is 432 g/mol. The fourth-order valence-corrected chi connectivity index (χ4v) is 4.34. The van der Waals surface area contributed by atoms with Gasteiger partial charge in [0.2, 0.25) is 20.0 Å². The van der Waals surface area contributed by atoms with Gasteiger partial charge in [0, 0.05) is 12.2 Å². The highest BCUT2D eigenvalue weighted by Crippen LogP contribution is 2.21. The Bertz CT molecular complexity index is 1150. The predicted octanol–water partition coefficient (Wildman–Crippen LogP) is 2.47. The molecule has 3 rings (SSSR count). The van der Waals surface area contributed by atoms with Crippen molar-refractivity contribution < 1.29 is 16.8 Å². The molecule has 1 atom stereocenters. The van der Waals surface area contributed by atoms with E-state index in [1.165, 1.54) is 24.3 Å². The summed E-state index contributed by atoms with van der Waals surface area (Å²) < 4.78 is 50.6. The topological polar surface area (TPSA) is 118 Å². The molecule has 0 radical (unpaired) electrons. The van der Waals surface area contributed by atoms with Gasteiger partial charge < -0.3 is 5.32 Å². The lowest BCUT2D eigenvalue weighted by Crippen LogP contribution is -2.31. The van der Waals surface area contributed by atoms with E-state index < -0.39 is 20.0 Å². The molecule has 0 spiro atoms. The normalized spacial score (nSPS) is 13.0. The molecule has 0 unspecified atom stereocenters. The second kappa shape index (κ2) is 8.75. The van der Waals surface area contributed by atoms with Gasteiger partial charge in [-0.25, -0.2) is 26.7 Å². The van der Waals surface area contributed by atoms with Crippen LogP contribution in [0.5, 0.6) is 0 Å². The maximum atomic E-state index is 12.6. The fraction of sp³-hybridized carbons (Fsp3) is 0.100. The van der Waals surface area contributed by atoms with Crippen molar-refractivity contribution in [3.63, 3.8) is 0 Å². The number of nitrogens with one attached hydrogen (secondary N) is 2. The van der Waals surface area contributed by atoms with Crippen molar-refractivity contribution in [2.45, 2.75) is 15.8 Å². The van der Waals surface area contributed by atoms with E-state index in [1.54, 1.807) is 30.3 Å². The third kappa shape index (κ3) is 5.64. The zero-order valence-electron chi connectivity index (χ0n) is 15.4. The van der Waals surface area contributed by atoms with Crippen molar-refractivity contribution in [2.75, 3.05) is 11.9 Å².